The van der Waals surface area contributed by atoms with E-state index in [1.165, 1.54) is 31.3 Å². The first-order chi connectivity index (χ1) is 14.5. The zero-order valence-electron chi connectivity index (χ0n) is 16.4. The van der Waals surface area contributed by atoms with Crippen molar-refractivity contribution in [1.29, 1.82) is 0 Å². The van der Waals surface area contributed by atoms with Gasteiger partial charge in [-0.3, -0.25) is 4.79 Å². The SMILES string of the molecule is C=C1Nc2ncnn2[C@@H](c2ccccc2F)[C@@H]1C(=O)Nc1cc(OC)ccc1OC. The summed E-state index contributed by atoms with van der Waals surface area (Å²) < 4.78 is 26.8. The molecule has 2 N–H and O–H groups in total. The van der Waals surface area contributed by atoms with Crippen LogP contribution < -0.4 is 20.1 Å². The molecule has 0 spiro atoms. The van der Waals surface area contributed by atoms with Crippen molar-refractivity contribution in [1.82, 2.24) is 14.8 Å². The smallest absolute Gasteiger partial charge is 0.236 e. The average molecular weight is 409 g/mol. The van der Waals surface area contributed by atoms with Crippen molar-refractivity contribution in [2.75, 3.05) is 24.9 Å². The zero-order chi connectivity index (χ0) is 21.3. The molecular formula is C21H20FN5O3. The first-order valence-electron chi connectivity index (χ1n) is 9.16. The molecule has 30 heavy (non-hydrogen) atoms. The fraction of sp³-hybridized carbons (Fsp3) is 0.190. The van der Waals surface area contributed by atoms with Gasteiger partial charge in [0.1, 0.15) is 35.6 Å². The summed E-state index contributed by atoms with van der Waals surface area (Å²) in [5.41, 5.74) is 1.11. The lowest BCUT2D eigenvalue weighted by atomic mass is 9.88. The molecule has 1 amide bonds. The molecule has 0 fully saturated rings. The van der Waals surface area contributed by atoms with Gasteiger partial charge in [-0.25, -0.2) is 9.07 Å². The Kier molecular flexibility index (Phi) is 5.09. The number of rotatable bonds is 5. The van der Waals surface area contributed by atoms with Gasteiger partial charge in [0.2, 0.25) is 11.9 Å². The number of carbonyl (C=O) groups excluding carboxylic acids is 1. The summed E-state index contributed by atoms with van der Waals surface area (Å²) in [6, 6.07) is 10.6. The predicted molar refractivity (Wildman–Crippen MR) is 109 cm³/mol. The topological polar surface area (TPSA) is 90.3 Å². The number of benzene rings is 2. The van der Waals surface area contributed by atoms with Gasteiger partial charge in [0.15, 0.2) is 0 Å². The van der Waals surface area contributed by atoms with E-state index in [9.17, 15) is 9.18 Å². The van der Waals surface area contributed by atoms with Gasteiger partial charge in [-0.15, -0.1) is 0 Å². The lowest BCUT2D eigenvalue weighted by molar-refractivity contribution is -0.119. The van der Waals surface area contributed by atoms with Gasteiger partial charge >= 0.3 is 0 Å². The van der Waals surface area contributed by atoms with E-state index in [0.29, 0.717) is 34.4 Å². The van der Waals surface area contributed by atoms with E-state index in [0.717, 1.165) is 0 Å². The van der Waals surface area contributed by atoms with Crippen LogP contribution in [0.15, 0.2) is 61.1 Å². The minimum Gasteiger partial charge on any atom is -0.497 e. The van der Waals surface area contributed by atoms with Crippen LogP contribution in [-0.2, 0) is 4.79 Å². The molecule has 0 saturated carbocycles. The molecule has 0 radical (unpaired) electrons. The van der Waals surface area contributed by atoms with Crippen LogP contribution in [0.25, 0.3) is 0 Å². The third kappa shape index (κ3) is 3.34. The van der Waals surface area contributed by atoms with E-state index in [-0.39, 0.29) is 0 Å². The highest BCUT2D eigenvalue weighted by Crippen LogP contribution is 2.39. The number of amides is 1. The van der Waals surface area contributed by atoms with E-state index in [2.05, 4.69) is 27.3 Å². The molecule has 9 heteroatoms. The number of hydrogen-bond acceptors (Lipinski definition) is 6. The summed E-state index contributed by atoms with van der Waals surface area (Å²) in [5.74, 6) is -0.328. The molecule has 154 valence electrons. The Morgan fingerprint density at radius 3 is 2.77 bits per heavy atom. The number of halogens is 1. The highest BCUT2D eigenvalue weighted by molar-refractivity contribution is 5.97. The molecule has 8 nitrogen and oxygen atoms in total. The van der Waals surface area contributed by atoms with Crippen molar-refractivity contribution < 1.29 is 18.7 Å². The molecule has 1 aromatic heterocycles. The number of hydrogen-bond donors (Lipinski definition) is 2. The molecule has 0 aliphatic carbocycles. The second-order valence-electron chi connectivity index (χ2n) is 6.68. The molecule has 4 rings (SSSR count). The first-order valence-corrected chi connectivity index (χ1v) is 9.16. The van der Waals surface area contributed by atoms with E-state index in [1.807, 2.05) is 0 Å². The van der Waals surface area contributed by atoms with Crippen LogP contribution in [0.4, 0.5) is 16.0 Å². The Labute approximate surface area is 172 Å². The minimum absolute atomic E-state index is 0.310. The number of aromatic nitrogens is 3. The lowest BCUT2D eigenvalue weighted by Crippen LogP contribution is -2.40. The number of fused-ring (bicyclic) bond motifs is 1. The Bertz CT molecular complexity index is 1110. The van der Waals surface area contributed by atoms with Crippen LogP contribution >= 0.6 is 0 Å². The lowest BCUT2D eigenvalue weighted by Gasteiger charge is -2.34. The van der Waals surface area contributed by atoms with Gasteiger partial charge in [0.05, 0.1) is 19.9 Å². The Morgan fingerprint density at radius 1 is 1.23 bits per heavy atom. The largest absolute Gasteiger partial charge is 0.497 e. The van der Waals surface area contributed by atoms with Crippen molar-refractivity contribution >= 4 is 17.5 Å². The molecular weight excluding hydrogens is 389 g/mol. The van der Waals surface area contributed by atoms with Gasteiger partial charge in [-0.2, -0.15) is 10.1 Å². The summed E-state index contributed by atoms with van der Waals surface area (Å²) in [5, 5.41) is 10.0. The highest BCUT2D eigenvalue weighted by atomic mass is 19.1. The standard InChI is InChI=1S/C21H20FN5O3/c1-12-18(20(28)26-16-10-13(29-2)8-9-17(16)30-3)19(14-6-4-5-7-15(14)22)27-21(25-12)23-11-24-27/h4-11,18-19H,1H2,2-3H3,(H,26,28)(H,23,24,25)/t18-,19+/m1/s1. The summed E-state index contributed by atoms with van der Waals surface area (Å²) in [6.45, 7) is 3.99. The fourth-order valence-corrected chi connectivity index (χ4v) is 3.55. The van der Waals surface area contributed by atoms with Crippen molar-refractivity contribution in [3.63, 3.8) is 0 Å². The van der Waals surface area contributed by atoms with E-state index >= 15 is 0 Å². The number of carbonyl (C=O) groups is 1. The quantitative estimate of drug-likeness (QED) is 0.673. The first kappa shape index (κ1) is 19.4. The van der Waals surface area contributed by atoms with E-state index in [4.69, 9.17) is 9.47 Å². The summed E-state index contributed by atoms with van der Waals surface area (Å²) in [6.07, 6.45) is 1.34. The summed E-state index contributed by atoms with van der Waals surface area (Å²) in [4.78, 5) is 17.5. The number of nitrogens with one attached hydrogen (secondary N) is 2. The van der Waals surface area contributed by atoms with Crippen molar-refractivity contribution in [2.24, 2.45) is 5.92 Å². The Balaban J connectivity index is 1.75. The third-order valence-corrected chi connectivity index (χ3v) is 4.97. The Hall–Kier alpha value is -3.88. The number of nitrogens with zero attached hydrogens (tertiary/aromatic N) is 3. The molecule has 2 heterocycles. The van der Waals surface area contributed by atoms with E-state index < -0.39 is 23.7 Å². The van der Waals surface area contributed by atoms with Crippen LogP contribution in [0, 0.1) is 11.7 Å². The third-order valence-electron chi connectivity index (χ3n) is 4.97. The summed E-state index contributed by atoms with van der Waals surface area (Å²) >= 11 is 0. The van der Waals surface area contributed by atoms with Crippen LogP contribution in [0.1, 0.15) is 11.6 Å². The normalized spacial score (nSPS) is 17.6. The Morgan fingerprint density at radius 2 is 2.03 bits per heavy atom. The molecule has 2 atom stereocenters. The summed E-state index contributed by atoms with van der Waals surface area (Å²) in [7, 11) is 3.03. The maximum atomic E-state index is 14.7. The molecule has 1 aliphatic heterocycles. The van der Waals surface area contributed by atoms with Crippen molar-refractivity contribution in [2.45, 2.75) is 6.04 Å². The predicted octanol–water partition coefficient (Wildman–Crippen LogP) is 3.22. The highest BCUT2D eigenvalue weighted by Gasteiger charge is 2.40. The van der Waals surface area contributed by atoms with Gasteiger partial charge in [-0.05, 0) is 18.2 Å². The number of anilines is 2. The van der Waals surface area contributed by atoms with Crippen LogP contribution in [0.2, 0.25) is 0 Å². The molecule has 2 aromatic carbocycles. The molecule has 0 unspecified atom stereocenters. The van der Waals surface area contributed by atoms with Gasteiger partial charge < -0.3 is 20.1 Å². The fourth-order valence-electron chi connectivity index (χ4n) is 3.55. The monoisotopic (exact) mass is 409 g/mol. The second-order valence-corrected chi connectivity index (χ2v) is 6.68. The average Bonchev–Trinajstić information content (AvgIpc) is 3.21. The van der Waals surface area contributed by atoms with Crippen molar-refractivity contribution in [3.8, 4) is 11.5 Å². The molecule has 0 bridgehead atoms. The number of methoxy groups -OCH3 is 2. The maximum absolute atomic E-state index is 14.7. The molecule has 1 aliphatic rings. The van der Waals surface area contributed by atoms with Gasteiger partial charge in [0.25, 0.3) is 0 Å². The van der Waals surface area contributed by atoms with Gasteiger partial charge in [0, 0.05) is 17.3 Å². The molecule has 0 saturated heterocycles. The van der Waals surface area contributed by atoms with Crippen LogP contribution in [-0.4, -0.2) is 34.9 Å². The minimum atomic E-state index is -0.869. The van der Waals surface area contributed by atoms with Crippen LogP contribution in [0.5, 0.6) is 11.5 Å². The molecule has 3 aromatic rings. The zero-order valence-corrected chi connectivity index (χ0v) is 16.4. The van der Waals surface area contributed by atoms with Gasteiger partial charge in [-0.1, -0.05) is 24.8 Å². The number of ether oxygens (including phenoxy) is 2. The maximum Gasteiger partial charge on any atom is 0.236 e. The van der Waals surface area contributed by atoms with Crippen LogP contribution in [0.3, 0.4) is 0 Å². The second kappa shape index (κ2) is 7.86. The van der Waals surface area contributed by atoms with Crippen molar-refractivity contribution in [3.05, 3.63) is 72.4 Å². The van der Waals surface area contributed by atoms with E-state index in [1.54, 1.807) is 36.4 Å².